The first-order valence-electron chi connectivity index (χ1n) is 9.71. The Hall–Kier alpha value is -3.95. The molecule has 8 nitrogen and oxygen atoms in total. The molecule has 32 heavy (non-hydrogen) atoms. The highest BCUT2D eigenvalue weighted by molar-refractivity contribution is 5.91. The molecule has 1 aromatic heterocycles. The fourth-order valence-corrected chi connectivity index (χ4v) is 2.74. The number of hydrogen-bond donors (Lipinski definition) is 2. The molecule has 0 unspecified atom stereocenters. The molecule has 0 spiro atoms. The number of benzene rings is 2. The predicted molar refractivity (Wildman–Crippen MR) is 113 cm³/mol. The van der Waals surface area contributed by atoms with Crippen LogP contribution < -0.4 is 19.5 Å². The normalized spacial score (nSPS) is 11.0. The van der Waals surface area contributed by atoms with Gasteiger partial charge in [-0.3, -0.25) is 9.89 Å². The van der Waals surface area contributed by atoms with Crippen LogP contribution >= 0.6 is 0 Å². The smallest absolute Gasteiger partial charge is 0.387 e. The number of aromatic nitrogens is 3. The van der Waals surface area contributed by atoms with Crippen molar-refractivity contribution in [3.63, 3.8) is 0 Å². The van der Waals surface area contributed by atoms with Gasteiger partial charge in [0.05, 0.1) is 20.3 Å². The monoisotopic (exact) mass is 444 g/mol. The second-order valence-electron chi connectivity index (χ2n) is 6.40. The SMILES string of the molecule is CCOc1cc(/C=C/C(=O)NCc2nc(-c3ccc(OC)cc3)n[nH]2)ccc1OC(F)F. The van der Waals surface area contributed by atoms with E-state index in [1.165, 1.54) is 24.3 Å². The minimum Gasteiger partial charge on any atom is -0.497 e. The minimum absolute atomic E-state index is 0.0681. The Kier molecular flexibility index (Phi) is 7.74. The molecule has 0 fully saturated rings. The van der Waals surface area contributed by atoms with Gasteiger partial charge in [0.15, 0.2) is 17.3 Å². The van der Waals surface area contributed by atoms with Crippen LogP contribution in [-0.2, 0) is 11.3 Å². The zero-order valence-corrected chi connectivity index (χ0v) is 17.5. The van der Waals surface area contributed by atoms with E-state index in [1.807, 2.05) is 12.1 Å². The molecule has 2 aromatic carbocycles. The maximum Gasteiger partial charge on any atom is 0.387 e. The lowest BCUT2D eigenvalue weighted by atomic mass is 10.2. The van der Waals surface area contributed by atoms with Gasteiger partial charge in [-0.25, -0.2) is 4.98 Å². The molecular weight excluding hydrogens is 422 g/mol. The number of methoxy groups -OCH3 is 1. The molecular formula is C22H22F2N4O4. The molecule has 168 valence electrons. The lowest BCUT2D eigenvalue weighted by Gasteiger charge is -2.11. The molecule has 3 rings (SSSR count). The topological polar surface area (TPSA) is 98.4 Å². The highest BCUT2D eigenvalue weighted by Gasteiger charge is 2.11. The first-order chi connectivity index (χ1) is 15.5. The van der Waals surface area contributed by atoms with Crippen molar-refractivity contribution < 1.29 is 27.8 Å². The summed E-state index contributed by atoms with van der Waals surface area (Å²) in [6.45, 7) is -0.797. The van der Waals surface area contributed by atoms with E-state index in [4.69, 9.17) is 9.47 Å². The largest absolute Gasteiger partial charge is 0.497 e. The number of ether oxygens (including phenoxy) is 3. The van der Waals surface area contributed by atoms with Crippen LogP contribution in [0.4, 0.5) is 8.78 Å². The van der Waals surface area contributed by atoms with Crippen molar-refractivity contribution in [3.8, 4) is 28.6 Å². The van der Waals surface area contributed by atoms with Crippen LogP contribution in [0.1, 0.15) is 18.3 Å². The second-order valence-corrected chi connectivity index (χ2v) is 6.40. The van der Waals surface area contributed by atoms with E-state index in [-0.39, 0.29) is 30.6 Å². The Morgan fingerprint density at radius 2 is 1.97 bits per heavy atom. The summed E-state index contributed by atoms with van der Waals surface area (Å²) in [6, 6.07) is 11.7. The predicted octanol–water partition coefficient (Wildman–Crippen LogP) is 3.81. The van der Waals surface area contributed by atoms with Gasteiger partial charge in [-0.05, 0) is 55.0 Å². The van der Waals surface area contributed by atoms with Gasteiger partial charge in [0.2, 0.25) is 5.91 Å². The van der Waals surface area contributed by atoms with Crippen LogP contribution in [0.15, 0.2) is 48.5 Å². The average Bonchev–Trinajstić information content (AvgIpc) is 3.27. The van der Waals surface area contributed by atoms with Crippen molar-refractivity contribution in [3.05, 3.63) is 59.9 Å². The molecule has 0 aliphatic carbocycles. The molecule has 1 heterocycles. The number of H-pyrrole nitrogens is 1. The Bertz CT molecular complexity index is 1070. The number of amides is 1. The summed E-state index contributed by atoms with van der Waals surface area (Å²) < 4.78 is 39.8. The maximum atomic E-state index is 12.5. The third kappa shape index (κ3) is 6.27. The van der Waals surface area contributed by atoms with Crippen LogP contribution in [0.2, 0.25) is 0 Å². The Labute approximate surface area is 183 Å². The van der Waals surface area contributed by atoms with E-state index >= 15 is 0 Å². The number of nitrogens with one attached hydrogen (secondary N) is 2. The van der Waals surface area contributed by atoms with E-state index < -0.39 is 6.61 Å². The van der Waals surface area contributed by atoms with Crippen LogP contribution in [0.3, 0.4) is 0 Å². The van der Waals surface area contributed by atoms with Crippen molar-refractivity contribution in [2.24, 2.45) is 0 Å². The van der Waals surface area contributed by atoms with E-state index in [9.17, 15) is 13.6 Å². The van der Waals surface area contributed by atoms with Crippen molar-refractivity contribution in [1.82, 2.24) is 20.5 Å². The number of aromatic amines is 1. The summed E-state index contributed by atoms with van der Waals surface area (Å²) >= 11 is 0. The quantitative estimate of drug-likeness (QED) is 0.462. The lowest BCUT2D eigenvalue weighted by molar-refractivity contribution is -0.116. The fourth-order valence-electron chi connectivity index (χ4n) is 2.74. The van der Waals surface area contributed by atoms with Gasteiger partial charge < -0.3 is 19.5 Å². The standard InChI is InChI=1S/C22H22F2N4O4/c1-3-31-18-12-14(4-10-17(18)32-22(23)24)5-11-20(29)25-13-19-26-21(28-27-19)15-6-8-16(30-2)9-7-15/h4-12,22H,3,13H2,1-2H3,(H,25,29)(H,26,27,28)/b11-5+. The average molecular weight is 444 g/mol. The molecule has 0 saturated carbocycles. The summed E-state index contributed by atoms with van der Waals surface area (Å²) in [5.41, 5.74) is 1.40. The van der Waals surface area contributed by atoms with Gasteiger partial charge in [0.1, 0.15) is 11.6 Å². The van der Waals surface area contributed by atoms with Crippen LogP contribution in [-0.4, -0.2) is 41.4 Å². The first-order valence-corrected chi connectivity index (χ1v) is 9.71. The molecule has 0 aliphatic rings. The number of alkyl halides is 2. The number of rotatable bonds is 10. The lowest BCUT2D eigenvalue weighted by Crippen LogP contribution is -2.20. The van der Waals surface area contributed by atoms with Crippen molar-refractivity contribution in [2.75, 3.05) is 13.7 Å². The number of halogens is 2. The van der Waals surface area contributed by atoms with Crippen LogP contribution in [0.5, 0.6) is 17.2 Å². The first kappa shape index (κ1) is 22.7. The fraction of sp³-hybridized carbons (Fsp3) is 0.227. The minimum atomic E-state index is -2.96. The van der Waals surface area contributed by atoms with E-state index in [0.29, 0.717) is 17.2 Å². The van der Waals surface area contributed by atoms with E-state index in [0.717, 1.165) is 11.3 Å². The second kappa shape index (κ2) is 10.9. The van der Waals surface area contributed by atoms with Gasteiger partial charge >= 0.3 is 6.61 Å². The van der Waals surface area contributed by atoms with Crippen LogP contribution in [0.25, 0.3) is 17.5 Å². The molecule has 0 saturated heterocycles. The van der Waals surface area contributed by atoms with E-state index in [2.05, 4.69) is 25.2 Å². The summed E-state index contributed by atoms with van der Waals surface area (Å²) in [6.07, 6.45) is 2.85. The molecule has 10 heteroatoms. The van der Waals surface area contributed by atoms with E-state index in [1.54, 1.807) is 32.2 Å². The third-order valence-electron chi connectivity index (χ3n) is 4.22. The number of hydrogen-bond acceptors (Lipinski definition) is 6. The van der Waals surface area contributed by atoms with Gasteiger partial charge in [0.25, 0.3) is 0 Å². The number of nitrogens with zero attached hydrogens (tertiary/aromatic N) is 2. The van der Waals surface area contributed by atoms with Gasteiger partial charge in [-0.1, -0.05) is 6.07 Å². The molecule has 0 bridgehead atoms. The highest BCUT2D eigenvalue weighted by Crippen LogP contribution is 2.30. The Morgan fingerprint density at radius 3 is 2.66 bits per heavy atom. The maximum absolute atomic E-state index is 12.5. The van der Waals surface area contributed by atoms with Crippen molar-refractivity contribution in [2.45, 2.75) is 20.1 Å². The zero-order valence-electron chi connectivity index (χ0n) is 17.5. The number of carbonyl (C=O) groups is 1. The molecule has 0 aliphatic heterocycles. The summed E-state index contributed by atoms with van der Waals surface area (Å²) in [5.74, 6) is 1.46. The van der Waals surface area contributed by atoms with Crippen molar-refractivity contribution >= 4 is 12.0 Å². The molecule has 1 amide bonds. The molecule has 0 radical (unpaired) electrons. The molecule has 3 aromatic rings. The van der Waals surface area contributed by atoms with Gasteiger partial charge in [-0.2, -0.15) is 13.9 Å². The molecule has 2 N–H and O–H groups in total. The van der Waals surface area contributed by atoms with Crippen LogP contribution in [0, 0.1) is 0 Å². The zero-order chi connectivity index (χ0) is 22.9. The van der Waals surface area contributed by atoms with Gasteiger partial charge in [-0.15, -0.1) is 0 Å². The van der Waals surface area contributed by atoms with Crippen molar-refractivity contribution in [1.29, 1.82) is 0 Å². The summed E-state index contributed by atoms with van der Waals surface area (Å²) in [7, 11) is 1.59. The Morgan fingerprint density at radius 1 is 1.19 bits per heavy atom. The number of carbonyl (C=O) groups excluding carboxylic acids is 1. The third-order valence-corrected chi connectivity index (χ3v) is 4.22. The summed E-state index contributed by atoms with van der Waals surface area (Å²) in [5, 5.41) is 9.62. The summed E-state index contributed by atoms with van der Waals surface area (Å²) in [4.78, 5) is 16.5. The molecule has 0 atom stereocenters. The Balaban J connectivity index is 1.57. The van der Waals surface area contributed by atoms with Gasteiger partial charge in [0, 0.05) is 11.6 Å². The highest BCUT2D eigenvalue weighted by atomic mass is 19.3.